The fraction of sp³-hybridized carbons (Fsp3) is 0.462. The maximum Gasteiger partial charge on any atom is 0.410 e. The summed E-state index contributed by atoms with van der Waals surface area (Å²) in [7, 11) is 0. The van der Waals surface area contributed by atoms with Gasteiger partial charge in [-0.2, -0.15) is 0 Å². The molecule has 0 aliphatic carbocycles. The molecule has 2 unspecified atom stereocenters. The van der Waals surface area contributed by atoms with Crippen LogP contribution in [0.2, 0.25) is 0 Å². The number of halogens is 2. The predicted molar refractivity (Wildman–Crippen MR) is 62.3 cm³/mol. The van der Waals surface area contributed by atoms with Crippen LogP contribution in [-0.2, 0) is 11.3 Å². The van der Waals surface area contributed by atoms with Crippen LogP contribution in [0.3, 0.4) is 0 Å². The Morgan fingerprint density at radius 2 is 2.06 bits per heavy atom. The zero-order valence-electron chi connectivity index (χ0n) is 10.1. The fourth-order valence-corrected chi connectivity index (χ4v) is 2.03. The second-order valence-electron chi connectivity index (χ2n) is 4.45. The lowest BCUT2D eigenvalue weighted by atomic mass is 10.0. The lowest BCUT2D eigenvalue weighted by Crippen LogP contribution is -2.40. The smallest absolute Gasteiger partial charge is 0.410 e. The van der Waals surface area contributed by atoms with E-state index in [9.17, 15) is 13.6 Å². The standard InChI is InChI=1S/C13H15F2NO2/c1-9(12(14)15)11-8-18-13(17)16(11)7-10-5-3-2-4-6-10/h2-6,9,11-12H,7-8H2,1H3. The van der Waals surface area contributed by atoms with Crippen LogP contribution < -0.4 is 0 Å². The van der Waals surface area contributed by atoms with E-state index in [1.807, 2.05) is 30.3 Å². The molecule has 1 heterocycles. The Hall–Kier alpha value is -1.65. The van der Waals surface area contributed by atoms with Gasteiger partial charge in [0, 0.05) is 12.5 Å². The van der Waals surface area contributed by atoms with E-state index in [4.69, 9.17) is 4.74 Å². The monoisotopic (exact) mass is 255 g/mol. The number of hydrogen-bond acceptors (Lipinski definition) is 2. The van der Waals surface area contributed by atoms with Gasteiger partial charge in [-0.3, -0.25) is 4.90 Å². The van der Waals surface area contributed by atoms with Gasteiger partial charge in [0.2, 0.25) is 6.43 Å². The minimum absolute atomic E-state index is 0.0389. The number of alkyl halides is 2. The largest absolute Gasteiger partial charge is 0.447 e. The number of carbonyl (C=O) groups excluding carboxylic acids is 1. The number of cyclic esters (lactones) is 1. The van der Waals surface area contributed by atoms with Crippen molar-refractivity contribution in [2.24, 2.45) is 5.92 Å². The summed E-state index contributed by atoms with van der Waals surface area (Å²) in [6, 6.07) is 8.72. The molecule has 5 heteroatoms. The zero-order chi connectivity index (χ0) is 13.1. The summed E-state index contributed by atoms with van der Waals surface area (Å²) in [6.07, 6.45) is -2.97. The van der Waals surface area contributed by atoms with Crippen LogP contribution in [0.25, 0.3) is 0 Å². The molecular weight excluding hydrogens is 240 g/mol. The lowest BCUT2D eigenvalue weighted by Gasteiger charge is -2.26. The molecule has 1 amide bonds. The molecule has 1 aliphatic heterocycles. The third-order valence-electron chi connectivity index (χ3n) is 3.21. The maximum atomic E-state index is 12.7. The molecule has 18 heavy (non-hydrogen) atoms. The first-order chi connectivity index (χ1) is 8.59. The van der Waals surface area contributed by atoms with E-state index in [1.165, 1.54) is 11.8 Å². The van der Waals surface area contributed by atoms with Gasteiger partial charge in [0.25, 0.3) is 0 Å². The van der Waals surface area contributed by atoms with Crippen molar-refractivity contribution in [1.82, 2.24) is 4.90 Å². The molecule has 98 valence electrons. The molecule has 2 atom stereocenters. The third-order valence-corrected chi connectivity index (χ3v) is 3.21. The molecule has 0 saturated carbocycles. The molecular formula is C13H15F2NO2. The molecule has 0 bridgehead atoms. The van der Waals surface area contributed by atoms with Crippen LogP contribution in [0.1, 0.15) is 12.5 Å². The Kier molecular flexibility index (Phi) is 3.79. The number of rotatable bonds is 4. The summed E-state index contributed by atoms with van der Waals surface area (Å²) >= 11 is 0. The van der Waals surface area contributed by atoms with Gasteiger partial charge in [0.05, 0.1) is 6.04 Å². The number of carbonyl (C=O) groups is 1. The molecule has 1 aromatic rings. The van der Waals surface area contributed by atoms with E-state index in [-0.39, 0.29) is 6.61 Å². The summed E-state index contributed by atoms with van der Waals surface area (Å²) < 4.78 is 30.3. The van der Waals surface area contributed by atoms with Gasteiger partial charge in [0.15, 0.2) is 0 Å². The molecule has 0 N–H and O–H groups in total. The first kappa shape index (κ1) is 12.8. The highest BCUT2D eigenvalue weighted by Crippen LogP contribution is 2.26. The summed E-state index contributed by atoms with van der Waals surface area (Å²) in [6.45, 7) is 1.79. The summed E-state index contributed by atoms with van der Waals surface area (Å²) in [5, 5.41) is 0. The zero-order valence-corrected chi connectivity index (χ0v) is 10.1. The highest BCUT2D eigenvalue weighted by atomic mass is 19.3. The first-order valence-electron chi connectivity index (χ1n) is 5.85. The van der Waals surface area contributed by atoms with Gasteiger partial charge >= 0.3 is 6.09 Å². The van der Waals surface area contributed by atoms with Crippen molar-refractivity contribution in [1.29, 1.82) is 0 Å². The molecule has 1 aliphatic rings. The summed E-state index contributed by atoms with van der Waals surface area (Å²) in [4.78, 5) is 13.0. The predicted octanol–water partition coefficient (Wildman–Crippen LogP) is 2.91. The Bertz CT molecular complexity index is 411. The van der Waals surface area contributed by atoms with Gasteiger partial charge in [-0.15, -0.1) is 0 Å². The van der Waals surface area contributed by atoms with Crippen molar-refractivity contribution in [3.05, 3.63) is 35.9 Å². The van der Waals surface area contributed by atoms with Crippen LogP contribution >= 0.6 is 0 Å². The summed E-state index contributed by atoms with van der Waals surface area (Å²) in [5.41, 5.74) is 0.905. The van der Waals surface area contributed by atoms with E-state index >= 15 is 0 Å². The van der Waals surface area contributed by atoms with Crippen LogP contribution in [0.5, 0.6) is 0 Å². The molecule has 1 fully saturated rings. The van der Waals surface area contributed by atoms with E-state index in [0.717, 1.165) is 5.56 Å². The lowest BCUT2D eigenvalue weighted by molar-refractivity contribution is 0.0436. The number of hydrogen-bond donors (Lipinski definition) is 0. The number of amides is 1. The van der Waals surface area contributed by atoms with E-state index in [1.54, 1.807) is 0 Å². The second kappa shape index (κ2) is 5.33. The highest BCUT2D eigenvalue weighted by Gasteiger charge is 2.39. The summed E-state index contributed by atoms with van der Waals surface area (Å²) in [5.74, 6) is -0.889. The first-order valence-corrected chi connectivity index (χ1v) is 5.85. The van der Waals surface area contributed by atoms with Crippen LogP contribution in [0.15, 0.2) is 30.3 Å². The molecule has 0 radical (unpaired) electrons. The Morgan fingerprint density at radius 3 is 2.67 bits per heavy atom. The van der Waals surface area contributed by atoms with Gasteiger partial charge in [-0.05, 0) is 5.56 Å². The molecule has 3 nitrogen and oxygen atoms in total. The van der Waals surface area contributed by atoms with Crippen molar-refractivity contribution in [3.63, 3.8) is 0 Å². The second-order valence-corrected chi connectivity index (χ2v) is 4.45. The molecule has 1 aromatic carbocycles. The number of benzene rings is 1. The Morgan fingerprint density at radius 1 is 1.39 bits per heavy atom. The van der Waals surface area contributed by atoms with Crippen LogP contribution in [0.4, 0.5) is 13.6 Å². The van der Waals surface area contributed by atoms with Gasteiger partial charge in [0.1, 0.15) is 6.61 Å². The van der Waals surface area contributed by atoms with Gasteiger partial charge in [-0.1, -0.05) is 37.3 Å². The van der Waals surface area contributed by atoms with E-state index in [0.29, 0.717) is 6.54 Å². The average Bonchev–Trinajstić information content (AvgIpc) is 2.71. The average molecular weight is 255 g/mol. The van der Waals surface area contributed by atoms with Crippen molar-refractivity contribution in [2.45, 2.75) is 25.9 Å². The van der Waals surface area contributed by atoms with Crippen molar-refractivity contribution in [3.8, 4) is 0 Å². The molecule has 2 rings (SSSR count). The fourth-order valence-electron chi connectivity index (χ4n) is 2.03. The third kappa shape index (κ3) is 2.60. The quantitative estimate of drug-likeness (QED) is 0.828. The Balaban J connectivity index is 2.11. The highest BCUT2D eigenvalue weighted by molar-refractivity contribution is 5.70. The van der Waals surface area contributed by atoms with E-state index < -0.39 is 24.5 Å². The molecule has 0 spiro atoms. The topological polar surface area (TPSA) is 29.5 Å². The molecule has 0 aromatic heterocycles. The maximum absolute atomic E-state index is 12.7. The normalized spacial score (nSPS) is 21.2. The number of ether oxygens (including phenoxy) is 1. The van der Waals surface area contributed by atoms with Crippen molar-refractivity contribution < 1.29 is 18.3 Å². The van der Waals surface area contributed by atoms with Crippen molar-refractivity contribution in [2.75, 3.05) is 6.61 Å². The van der Waals surface area contributed by atoms with Gasteiger partial charge in [-0.25, -0.2) is 13.6 Å². The van der Waals surface area contributed by atoms with E-state index in [2.05, 4.69) is 0 Å². The van der Waals surface area contributed by atoms with Gasteiger partial charge < -0.3 is 4.74 Å². The number of nitrogens with zero attached hydrogens (tertiary/aromatic N) is 1. The van der Waals surface area contributed by atoms with Crippen molar-refractivity contribution >= 4 is 6.09 Å². The van der Waals surface area contributed by atoms with Crippen LogP contribution in [0, 0.1) is 5.92 Å². The minimum Gasteiger partial charge on any atom is -0.447 e. The Labute approximate surface area is 104 Å². The SMILES string of the molecule is CC(C(F)F)C1COC(=O)N1Cc1ccccc1. The van der Waals surface area contributed by atoms with Crippen LogP contribution in [-0.4, -0.2) is 30.1 Å². The minimum atomic E-state index is -2.46. The molecule has 1 saturated heterocycles.